The van der Waals surface area contributed by atoms with E-state index < -0.39 is 0 Å². The summed E-state index contributed by atoms with van der Waals surface area (Å²) in [7, 11) is 4.49. The lowest BCUT2D eigenvalue weighted by Gasteiger charge is -2.15. The largest absolute Gasteiger partial charge is 0.493 e. The molecule has 0 aliphatic carbocycles. The van der Waals surface area contributed by atoms with Gasteiger partial charge in [-0.05, 0) is 37.2 Å². The predicted octanol–water partition coefficient (Wildman–Crippen LogP) is 1.50. The Hall–Kier alpha value is -2.06. The van der Waals surface area contributed by atoms with Crippen molar-refractivity contribution in [3.05, 3.63) is 17.7 Å². The van der Waals surface area contributed by atoms with Gasteiger partial charge in [0, 0.05) is 18.7 Å². The maximum absolute atomic E-state index is 12.4. The number of hydrogen-bond acceptors (Lipinski definition) is 6. The van der Waals surface area contributed by atoms with E-state index in [1.54, 1.807) is 12.1 Å². The van der Waals surface area contributed by atoms with Gasteiger partial charge in [0.1, 0.15) is 0 Å². The van der Waals surface area contributed by atoms with Crippen LogP contribution in [0.3, 0.4) is 0 Å². The number of nitrogens with one attached hydrogen (secondary N) is 2. The Bertz CT molecular complexity index is 577. The highest BCUT2D eigenvalue weighted by atomic mass is 32.1. The summed E-state index contributed by atoms with van der Waals surface area (Å²) in [5, 5.41) is 5.88. The fourth-order valence-electron chi connectivity index (χ4n) is 2.44. The average Bonchev–Trinajstić information content (AvgIpc) is 3.11. The van der Waals surface area contributed by atoms with E-state index in [1.807, 2.05) is 0 Å². The Kier molecular flexibility index (Phi) is 6.62. The topological polar surface area (TPSA) is 78.1 Å². The van der Waals surface area contributed by atoms with Gasteiger partial charge in [0.25, 0.3) is 5.91 Å². The molecule has 0 aromatic heterocycles. The summed E-state index contributed by atoms with van der Waals surface area (Å²) >= 11 is 5.15. The fourth-order valence-corrected chi connectivity index (χ4v) is 2.62. The van der Waals surface area contributed by atoms with Crippen LogP contribution in [-0.2, 0) is 4.74 Å². The predicted molar refractivity (Wildman–Crippen MR) is 93.1 cm³/mol. The second-order valence-electron chi connectivity index (χ2n) is 5.21. The molecule has 0 bridgehead atoms. The molecule has 0 saturated carbocycles. The zero-order chi connectivity index (χ0) is 17.5. The first kappa shape index (κ1) is 18.3. The number of amides is 1. The number of rotatable bonds is 6. The van der Waals surface area contributed by atoms with Crippen molar-refractivity contribution in [2.45, 2.75) is 18.9 Å². The third-order valence-corrected chi connectivity index (χ3v) is 3.91. The van der Waals surface area contributed by atoms with Crippen LogP contribution in [0.15, 0.2) is 12.1 Å². The van der Waals surface area contributed by atoms with Crippen LogP contribution in [0.1, 0.15) is 23.2 Å². The smallest absolute Gasteiger partial charge is 0.257 e. The molecule has 1 amide bonds. The number of carbonyl (C=O) groups excluding carboxylic acids is 1. The second-order valence-corrected chi connectivity index (χ2v) is 5.62. The molecule has 132 valence electrons. The molecule has 1 heterocycles. The lowest BCUT2D eigenvalue weighted by molar-refractivity contribution is 0.0972. The molecule has 2 rings (SSSR count). The Morgan fingerprint density at radius 2 is 1.92 bits per heavy atom. The minimum atomic E-state index is -0.362. The molecule has 1 atom stereocenters. The van der Waals surface area contributed by atoms with Crippen molar-refractivity contribution in [3.8, 4) is 17.2 Å². The van der Waals surface area contributed by atoms with Crippen LogP contribution < -0.4 is 24.8 Å². The van der Waals surface area contributed by atoms with Crippen LogP contribution in [-0.4, -0.2) is 51.6 Å². The van der Waals surface area contributed by atoms with Gasteiger partial charge in [-0.3, -0.25) is 10.1 Å². The molecule has 1 fully saturated rings. The number of carbonyl (C=O) groups is 1. The van der Waals surface area contributed by atoms with E-state index in [-0.39, 0.29) is 17.1 Å². The summed E-state index contributed by atoms with van der Waals surface area (Å²) < 4.78 is 21.2. The Morgan fingerprint density at radius 3 is 2.42 bits per heavy atom. The molecule has 1 unspecified atom stereocenters. The van der Waals surface area contributed by atoms with Gasteiger partial charge in [0.2, 0.25) is 5.75 Å². The summed E-state index contributed by atoms with van der Waals surface area (Å²) in [4.78, 5) is 12.4. The van der Waals surface area contributed by atoms with Crippen molar-refractivity contribution < 1.29 is 23.7 Å². The van der Waals surface area contributed by atoms with Gasteiger partial charge in [-0.25, -0.2) is 0 Å². The first-order valence-electron chi connectivity index (χ1n) is 7.59. The molecule has 24 heavy (non-hydrogen) atoms. The van der Waals surface area contributed by atoms with Crippen LogP contribution in [0.2, 0.25) is 0 Å². The van der Waals surface area contributed by atoms with E-state index in [1.165, 1.54) is 21.3 Å². The van der Waals surface area contributed by atoms with Gasteiger partial charge < -0.3 is 24.3 Å². The summed E-state index contributed by atoms with van der Waals surface area (Å²) in [6.45, 7) is 1.35. The molecule has 1 aromatic rings. The summed E-state index contributed by atoms with van der Waals surface area (Å²) in [5.74, 6) is 0.871. The van der Waals surface area contributed by atoms with Crippen LogP contribution >= 0.6 is 12.2 Å². The molecule has 1 aliphatic rings. The number of thiocarbonyl (C=S) groups is 1. The van der Waals surface area contributed by atoms with Gasteiger partial charge in [-0.1, -0.05) is 0 Å². The number of ether oxygens (including phenoxy) is 4. The molecular weight excluding hydrogens is 332 g/mol. The highest BCUT2D eigenvalue weighted by Gasteiger charge is 2.19. The van der Waals surface area contributed by atoms with E-state index in [2.05, 4.69) is 10.6 Å². The molecule has 2 N–H and O–H groups in total. The van der Waals surface area contributed by atoms with Crippen molar-refractivity contribution in [3.63, 3.8) is 0 Å². The summed E-state index contributed by atoms with van der Waals surface area (Å²) in [5.41, 5.74) is 0.353. The van der Waals surface area contributed by atoms with E-state index in [4.69, 9.17) is 31.2 Å². The van der Waals surface area contributed by atoms with Gasteiger partial charge in [-0.2, -0.15) is 0 Å². The summed E-state index contributed by atoms with van der Waals surface area (Å²) in [6.07, 6.45) is 2.19. The normalized spacial score (nSPS) is 16.4. The van der Waals surface area contributed by atoms with Crippen LogP contribution in [0.5, 0.6) is 17.2 Å². The molecule has 8 heteroatoms. The highest BCUT2D eigenvalue weighted by Crippen LogP contribution is 2.38. The van der Waals surface area contributed by atoms with Crippen LogP contribution in [0.4, 0.5) is 0 Å². The second kappa shape index (κ2) is 8.70. The highest BCUT2D eigenvalue weighted by molar-refractivity contribution is 7.80. The van der Waals surface area contributed by atoms with Crippen molar-refractivity contribution in [2.24, 2.45) is 0 Å². The Balaban J connectivity index is 2.01. The quantitative estimate of drug-likeness (QED) is 0.750. The lowest BCUT2D eigenvalue weighted by Crippen LogP contribution is -2.42. The first-order chi connectivity index (χ1) is 11.6. The van der Waals surface area contributed by atoms with E-state index in [0.717, 1.165) is 19.4 Å². The number of methoxy groups -OCH3 is 3. The standard InChI is InChI=1S/C16H22N2O5S/c1-20-12-7-10(8-13(21-2)14(12)22-3)15(19)18-16(24)17-9-11-5-4-6-23-11/h7-8,11H,4-6,9H2,1-3H3,(H2,17,18,19,24). The van der Waals surface area contributed by atoms with Crippen molar-refractivity contribution in [2.75, 3.05) is 34.5 Å². The molecule has 1 aromatic carbocycles. The Morgan fingerprint density at radius 1 is 1.25 bits per heavy atom. The SMILES string of the molecule is COc1cc(C(=O)NC(=S)NCC2CCCO2)cc(OC)c1OC. The maximum atomic E-state index is 12.4. The van der Waals surface area contributed by atoms with Crippen molar-refractivity contribution in [1.29, 1.82) is 0 Å². The number of benzene rings is 1. The third kappa shape index (κ3) is 4.48. The van der Waals surface area contributed by atoms with E-state index in [0.29, 0.717) is 29.4 Å². The molecule has 0 spiro atoms. The van der Waals surface area contributed by atoms with Crippen LogP contribution in [0, 0.1) is 0 Å². The molecule has 1 saturated heterocycles. The molecule has 0 radical (unpaired) electrons. The zero-order valence-electron chi connectivity index (χ0n) is 14.0. The fraction of sp³-hybridized carbons (Fsp3) is 0.500. The summed E-state index contributed by atoms with van der Waals surface area (Å²) in [6, 6.07) is 3.14. The van der Waals surface area contributed by atoms with Gasteiger partial charge in [0.15, 0.2) is 16.6 Å². The van der Waals surface area contributed by atoms with Gasteiger partial charge in [0.05, 0.1) is 27.4 Å². The van der Waals surface area contributed by atoms with Crippen LogP contribution in [0.25, 0.3) is 0 Å². The van der Waals surface area contributed by atoms with Crippen molar-refractivity contribution in [1.82, 2.24) is 10.6 Å². The van der Waals surface area contributed by atoms with Crippen molar-refractivity contribution >= 4 is 23.2 Å². The maximum Gasteiger partial charge on any atom is 0.257 e. The van der Waals surface area contributed by atoms with Gasteiger partial charge in [-0.15, -0.1) is 0 Å². The Labute approximate surface area is 146 Å². The third-order valence-electron chi connectivity index (χ3n) is 3.67. The molecule has 7 nitrogen and oxygen atoms in total. The minimum Gasteiger partial charge on any atom is -0.493 e. The molecule has 1 aliphatic heterocycles. The van der Waals surface area contributed by atoms with E-state index in [9.17, 15) is 4.79 Å². The molecular formula is C16H22N2O5S. The monoisotopic (exact) mass is 354 g/mol. The average molecular weight is 354 g/mol. The minimum absolute atomic E-state index is 0.140. The van der Waals surface area contributed by atoms with Gasteiger partial charge >= 0.3 is 0 Å². The van der Waals surface area contributed by atoms with E-state index >= 15 is 0 Å². The first-order valence-corrected chi connectivity index (χ1v) is 8.00. The lowest BCUT2D eigenvalue weighted by atomic mass is 10.1. The number of hydrogen-bond donors (Lipinski definition) is 2. The zero-order valence-corrected chi connectivity index (χ0v) is 14.8.